The van der Waals surface area contributed by atoms with Gasteiger partial charge in [-0.15, -0.1) is 11.6 Å². The molecule has 1 saturated carbocycles. The van der Waals surface area contributed by atoms with E-state index in [1.165, 1.54) is 25.7 Å². The number of alkyl halides is 1. The van der Waals surface area contributed by atoms with Gasteiger partial charge in [0.25, 0.3) is 0 Å². The molecule has 72 valence electrons. The van der Waals surface area contributed by atoms with Crippen LogP contribution in [0.25, 0.3) is 0 Å². The lowest BCUT2D eigenvalue weighted by Crippen LogP contribution is -1.88. The summed E-state index contributed by atoms with van der Waals surface area (Å²) >= 11 is 5.60. The van der Waals surface area contributed by atoms with Gasteiger partial charge >= 0.3 is 0 Å². The molecule has 0 aromatic carbocycles. The van der Waals surface area contributed by atoms with Crippen molar-refractivity contribution in [1.29, 1.82) is 0 Å². The van der Waals surface area contributed by atoms with Gasteiger partial charge in [0.2, 0.25) is 0 Å². The van der Waals surface area contributed by atoms with Gasteiger partial charge in [0, 0.05) is 18.2 Å². The maximum atomic E-state index is 5.61. The van der Waals surface area contributed by atoms with Gasteiger partial charge in [-0.1, -0.05) is 12.8 Å². The molecule has 0 bridgehead atoms. The number of nitrogens with zero attached hydrogens (tertiary/aromatic N) is 1. The Hall–Kier alpha value is -0.500. The van der Waals surface area contributed by atoms with Crippen LogP contribution in [0.2, 0.25) is 0 Å². The number of aromatic nitrogens is 1. The first kappa shape index (κ1) is 9.07. The van der Waals surface area contributed by atoms with E-state index in [1.807, 2.05) is 6.20 Å². The zero-order valence-electron chi connectivity index (χ0n) is 7.63. The average Bonchev–Trinajstić information content (AvgIpc) is 2.70. The van der Waals surface area contributed by atoms with E-state index < -0.39 is 0 Å². The van der Waals surface area contributed by atoms with Gasteiger partial charge in [-0.2, -0.15) is 0 Å². The lowest BCUT2D eigenvalue weighted by molar-refractivity contribution is 0.428. The summed E-state index contributed by atoms with van der Waals surface area (Å²) in [5.74, 6) is 3.07. The van der Waals surface area contributed by atoms with Crippen molar-refractivity contribution in [2.24, 2.45) is 0 Å². The van der Waals surface area contributed by atoms with Crippen molar-refractivity contribution in [2.75, 3.05) is 5.88 Å². The third-order valence-electron chi connectivity index (χ3n) is 2.64. The molecule has 1 aliphatic rings. The van der Waals surface area contributed by atoms with Gasteiger partial charge in [0.15, 0.2) is 5.89 Å². The number of aryl methyl sites for hydroxylation is 1. The monoisotopic (exact) mass is 199 g/mol. The molecule has 0 atom stereocenters. The summed E-state index contributed by atoms with van der Waals surface area (Å²) in [4.78, 5) is 4.20. The Balaban J connectivity index is 2.03. The summed E-state index contributed by atoms with van der Waals surface area (Å²) in [5.41, 5.74) is 0. The van der Waals surface area contributed by atoms with Crippen LogP contribution in [0.5, 0.6) is 0 Å². The van der Waals surface area contributed by atoms with Crippen LogP contribution in [0.1, 0.15) is 43.3 Å². The van der Waals surface area contributed by atoms with Gasteiger partial charge in [-0.25, -0.2) is 4.98 Å². The van der Waals surface area contributed by atoms with E-state index in [2.05, 4.69) is 4.98 Å². The van der Waals surface area contributed by atoms with Crippen LogP contribution in [0, 0.1) is 0 Å². The van der Waals surface area contributed by atoms with E-state index in [1.54, 1.807) is 0 Å². The number of hydrogen-bond acceptors (Lipinski definition) is 2. The van der Waals surface area contributed by atoms with Crippen molar-refractivity contribution in [1.82, 2.24) is 4.98 Å². The summed E-state index contributed by atoms with van der Waals surface area (Å²) in [7, 11) is 0. The van der Waals surface area contributed by atoms with Crippen molar-refractivity contribution in [2.45, 2.75) is 38.0 Å². The third-order valence-corrected chi connectivity index (χ3v) is 2.83. The predicted octanol–water partition coefficient (Wildman–Crippen LogP) is 3.11. The van der Waals surface area contributed by atoms with Crippen LogP contribution < -0.4 is 0 Å². The van der Waals surface area contributed by atoms with E-state index in [0.29, 0.717) is 11.8 Å². The molecule has 2 rings (SSSR count). The Morgan fingerprint density at radius 2 is 2.23 bits per heavy atom. The van der Waals surface area contributed by atoms with Gasteiger partial charge in [-0.05, 0) is 12.8 Å². The SMILES string of the molecule is ClCCc1ncc(C2CCCC2)o1. The fourth-order valence-corrected chi connectivity index (χ4v) is 2.08. The van der Waals surface area contributed by atoms with E-state index >= 15 is 0 Å². The quantitative estimate of drug-likeness (QED) is 0.700. The number of rotatable bonds is 3. The molecule has 3 heteroatoms. The van der Waals surface area contributed by atoms with Crippen molar-refractivity contribution >= 4 is 11.6 Å². The van der Waals surface area contributed by atoms with E-state index in [4.69, 9.17) is 16.0 Å². The lowest BCUT2D eigenvalue weighted by atomic mass is 10.1. The van der Waals surface area contributed by atoms with Crippen LogP contribution in [0.3, 0.4) is 0 Å². The topological polar surface area (TPSA) is 26.0 Å². The molecular weight excluding hydrogens is 186 g/mol. The minimum absolute atomic E-state index is 0.588. The van der Waals surface area contributed by atoms with Crippen molar-refractivity contribution in [3.8, 4) is 0 Å². The molecule has 1 aromatic rings. The maximum absolute atomic E-state index is 5.61. The molecule has 2 nitrogen and oxygen atoms in total. The molecule has 0 unspecified atom stereocenters. The summed E-state index contributed by atoms with van der Waals surface area (Å²) < 4.78 is 5.61. The minimum atomic E-state index is 0.588. The highest BCUT2D eigenvalue weighted by Gasteiger charge is 2.20. The number of oxazole rings is 1. The second-order valence-corrected chi connectivity index (χ2v) is 3.95. The van der Waals surface area contributed by atoms with Crippen molar-refractivity contribution in [3.63, 3.8) is 0 Å². The lowest BCUT2D eigenvalue weighted by Gasteiger charge is -2.02. The highest BCUT2D eigenvalue weighted by Crippen LogP contribution is 2.34. The van der Waals surface area contributed by atoms with Crippen LogP contribution >= 0.6 is 11.6 Å². The smallest absolute Gasteiger partial charge is 0.195 e. The number of halogens is 1. The first-order valence-corrected chi connectivity index (χ1v) is 5.44. The maximum Gasteiger partial charge on any atom is 0.195 e. The standard InChI is InChI=1S/C10H14ClNO/c11-6-5-10-12-7-9(13-10)8-3-1-2-4-8/h7-8H,1-6H2. The highest BCUT2D eigenvalue weighted by atomic mass is 35.5. The highest BCUT2D eigenvalue weighted by molar-refractivity contribution is 6.17. The Morgan fingerprint density at radius 3 is 2.92 bits per heavy atom. The molecule has 1 fully saturated rings. The fourth-order valence-electron chi connectivity index (χ4n) is 1.92. The first-order valence-electron chi connectivity index (χ1n) is 4.90. The molecule has 13 heavy (non-hydrogen) atoms. The molecule has 1 aromatic heterocycles. The molecule has 0 spiro atoms. The molecule has 1 heterocycles. The van der Waals surface area contributed by atoms with Crippen molar-refractivity contribution in [3.05, 3.63) is 17.8 Å². The normalized spacial score (nSPS) is 18.2. The average molecular weight is 200 g/mol. The molecular formula is C10H14ClNO. The molecule has 0 N–H and O–H groups in total. The summed E-state index contributed by atoms with van der Waals surface area (Å²) in [6.07, 6.45) is 7.80. The Labute approximate surface area is 83.3 Å². The van der Waals surface area contributed by atoms with Gasteiger partial charge in [0.1, 0.15) is 5.76 Å². The first-order chi connectivity index (χ1) is 6.40. The van der Waals surface area contributed by atoms with Crippen LogP contribution in [0.4, 0.5) is 0 Å². The molecule has 0 amide bonds. The molecule has 1 aliphatic carbocycles. The fraction of sp³-hybridized carbons (Fsp3) is 0.700. The summed E-state index contributed by atoms with van der Waals surface area (Å²) in [5, 5.41) is 0. The zero-order valence-corrected chi connectivity index (χ0v) is 8.39. The zero-order chi connectivity index (χ0) is 9.10. The second kappa shape index (κ2) is 4.14. The third kappa shape index (κ3) is 2.05. The minimum Gasteiger partial charge on any atom is -0.445 e. The summed E-state index contributed by atoms with van der Waals surface area (Å²) in [6.45, 7) is 0. The Bertz CT molecular complexity index is 266. The van der Waals surface area contributed by atoms with Gasteiger partial charge < -0.3 is 4.42 Å². The van der Waals surface area contributed by atoms with Crippen LogP contribution in [-0.2, 0) is 6.42 Å². The Kier molecular flexibility index (Phi) is 2.89. The largest absolute Gasteiger partial charge is 0.445 e. The van der Waals surface area contributed by atoms with E-state index in [-0.39, 0.29) is 0 Å². The summed E-state index contributed by atoms with van der Waals surface area (Å²) in [6, 6.07) is 0. The Morgan fingerprint density at radius 1 is 1.46 bits per heavy atom. The van der Waals surface area contributed by atoms with Gasteiger partial charge in [0.05, 0.1) is 6.20 Å². The van der Waals surface area contributed by atoms with E-state index in [0.717, 1.165) is 18.1 Å². The van der Waals surface area contributed by atoms with Crippen LogP contribution in [-0.4, -0.2) is 10.9 Å². The van der Waals surface area contributed by atoms with Crippen LogP contribution in [0.15, 0.2) is 10.6 Å². The molecule has 0 aliphatic heterocycles. The van der Waals surface area contributed by atoms with Crippen molar-refractivity contribution < 1.29 is 4.42 Å². The van der Waals surface area contributed by atoms with E-state index in [9.17, 15) is 0 Å². The molecule has 0 saturated heterocycles. The van der Waals surface area contributed by atoms with Gasteiger partial charge in [-0.3, -0.25) is 0 Å². The molecule has 0 radical (unpaired) electrons. The number of hydrogen-bond donors (Lipinski definition) is 0. The predicted molar refractivity (Wildman–Crippen MR) is 52.1 cm³/mol. The second-order valence-electron chi connectivity index (χ2n) is 3.58.